The number of nitro benzene ring substituents is 1. The van der Waals surface area contributed by atoms with E-state index in [-0.39, 0.29) is 11.4 Å². The Morgan fingerprint density at radius 1 is 1.33 bits per heavy atom. The van der Waals surface area contributed by atoms with Gasteiger partial charge in [-0.2, -0.15) is 0 Å². The Labute approximate surface area is 142 Å². The van der Waals surface area contributed by atoms with Crippen molar-refractivity contribution in [3.8, 4) is 11.6 Å². The molecule has 0 unspecified atom stereocenters. The summed E-state index contributed by atoms with van der Waals surface area (Å²) < 4.78 is 5.88. The van der Waals surface area contributed by atoms with Crippen molar-refractivity contribution in [3.63, 3.8) is 0 Å². The summed E-state index contributed by atoms with van der Waals surface area (Å²) in [6.07, 6.45) is 5.35. The van der Waals surface area contributed by atoms with Crippen LogP contribution in [0.5, 0.6) is 11.6 Å². The summed E-state index contributed by atoms with van der Waals surface area (Å²) in [6, 6.07) is 5.06. The van der Waals surface area contributed by atoms with E-state index >= 15 is 0 Å². The average Bonchev–Trinajstić information content (AvgIpc) is 3.16. The average molecular weight is 341 g/mol. The Hall–Kier alpha value is -2.54. The van der Waals surface area contributed by atoms with Crippen molar-refractivity contribution in [2.45, 2.75) is 32.6 Å². The highest BCUT2D eigenvalue weighted by atomic mass is 32.1. The topological polar surface area (TPSA) is 78.2 Å². The number of rotatable bonds is 4. The quantitative estimate of drug-likeness (QED) is 0.518. The van der Waals surface area contributed by atoms with Crippen LogP contribution in [0, 0.1) is 10.1 Å². The van der Waals surface area contributed by atoms with E-state index in [2.05, 4.69) is 9.97 Å². The highest BCUT2D eigenvalue weighted by Gasteiger charge is 2.24. The number of nitro groups is 1. The van der Waals surface area contributed by atoms with Gasteiger partial charge >= 0.3 is 5.69 Å². The molecule has 0 atom stereocenters. The van der Waals surface area contributed by atoms with E-state index in [1.54, 1.807) is 23.5 Å². The second kappa shape index (κ2) is 5.83. The molecule has 1 aromatic carbocycles. The molecule has 0 spiro atoms. The van der Waals surface area contributed by atoms with Crippen molar-refractivity contribution in [2.24, 2.45) is 0 Å². The van der Waals surface area contributed by atoms with Crippen LogP contribution in [0.3, 0.4) is 0 Å². The smallest absolute Gasteiger partial charge is 0.311 e. The minimum absolute atomic E-state index is 0.0343. The lowest BCUT2D eigenvalue weighted by molar-refractivity contribution is -0.385. The summed E-state index contributed by atoms with van der Waals surface area (Å²) in [6.45, 7) is 1.96. The molecule has 122 valence electrons. The molecular formula is C17H15N3O3S. The zero-order valence-electron chi connectivity index (χ0n) is 13.1. The van der Waals surface area contributed by atoms with Crippen LogP contribution in [-0.2, 0) is 19.3 Å². The van der Waals surface area contributed by atoms with Crippen molar-refractivity contribution < 1.29 is 9.66 Å². The van der Waals surface area contributed by atoms with Crippen LogP contribution in [0.15, 0.2) is 24.5 Å². The third-order valence-electron chi connectivity index (χ3n) is 4.30. The minimum atomic E-state index is -0.412. The van der Waals surface area contributed by atoms with Crippen LogP contribution in [-0.4, -0.2) is 14.9 Å². The van der Waals surface area contributed by atoms with Gasteiger partial charge in [-0.3, -0.25) is 10.1 Å². The molecule has 0 aliphatic heterocycles. The lowest BCUT2D eigenvalue weighted by Gasteiger charge is -2.08. The fourth-order valence-corrected chi connectivity index (χ4v) is 4.31. The molecule has 0 saturated carbocycles. The van der Waals surface area contributed by atoms with E-state index in [0.29, 0.717) is 5.88 Å². The summed E-state index contributed by atoms with van der Waals surface area (Å²) in [7, 11) is 0. The molecular weight excluding hydrogens is 326 g/mol. The van der Waals surface area contributed by atoms with Gasteiger partial charge in [0.2, 0.25) is 11.6 Å². The first-order valence-electron chi connectivity index (χ1n) is 7.87. The summed E-state index contributed by atoms with van der Waals surface area (Å²) in [4.78, 5) is 21.7. The molecule has 0 amide bonds. The largest absolute Gasteiger partial charge is 0.431 e. The molecule has 0 fully saturated rings. The molecule has 7 heteroatoms. The van der Waals surface area contributed by atoms with E-state index in [1.165, 1.54) is 16.8 Å². The lowest BCUT2D eigenvalue weighted by Crippen LogP contribution is -1.97. The van der Waals surface area contributed by atoms with Crippen LogP contribution < -0.4 is 4.74 Å². The second-order valence-electron chi connectivity index (χ2n) is 5.73. The predicted octanol–water partition coefficient (Wildman–Crippen LogP) is 4.44. The van der Waals surface area contributed by atoms with Gasteiger partial charge < -0.3 is 4.74 Å². The molecule has 4 rings (SSSR count). The van der Waals surface area contributed by atoms with Crippen molar-refractivity contribution in [1.82, 2.24) is 9.97 Å². The number of nitrogens with zero attached hydrogens (tertiary/aromatic N) is 3. The number of aryl methyl sites for hydroxylation is 3. The summed E-state index contributed by atoms with van der Waals surface area (Å²) in [5, 5.41) is 12.3. The van der Waals surface area contributed by atoms with Gasteiger partial charge in [0.25, 0.3) is 0 Å². The first kappa shape index (κ1) is 15.0. The van der Waals surface area contributed by atoms with Gasteiger partial charge in [-0.25, -0.2) is 9.97 Å². The van der Waals surface area contributed by atoms with Gasteiger partial charge in [0.05, 0.1) is 10.3 Å². The van der Waals surface area contributed by atoms with Crippen LogP contribution in [0.25, 0.3) is 10.2 Å². The molecule has 3 aromatic rings. The molecule has 0 N–H and O–H groups in total. The molecule has 2 heterocycles. The Balaban J connectivity index is 1.82. The monoisotopic (exact) mass is 341 g/mol. The van der Waals surface area contributed by atoms with Crippen molar-refractivity contribution in [1.29, 1.82) is 0 Å². The molecule has 0 radical (unpaired) electrons. The van der Waals surface area contributed by atoms with Gasteiger partial charge in [0.1, 0.15) is 11.2 Å². The third kappa shape index (κ3) is 2.41. The normalized spacial score (nSPS) is 13.2. The number of thiophene rings is 1. The zero-order chi connectivity index (χ0) is 16.7. The molecule has 6 nitrogen and oxygen atoms in total. The summed E-state index contributed by atoms with van der Waals surface area (Å²) in [5.41, 5.74) is 2.10. The molecule has 1 aliphatic rings. The van der Waals surface area contributed by atoms with E-state index in [9.17, 15) is 10.1 Å². The second-order valence-corrected chi connectivity index (χ2v) is 6.81. The van der Waals surface area contributed by atoms with Crippen LogP contribution in [0.1, 0.15) is 29.3 Å². The maximum absolute atomic E-state index is 11.4. The number of aromatic nitrogens is 2. The fraction of sp³-hybridized carbons (Fsp3) is 0.294. The Kier molecular flexibility index (Phi) is 3.65. The number of hydrogen-bond acceptors (Lipinski definition) is 6. The van der Waals surface area contributed by atoms with Gasteiger partial charge in [0.15, 0.2) is 0 Å². The zero-order valence-corrected chi connectivity index (χ0v) is 13.9. The van der Waals surface area contributed by atoms with Crippen molar-refractivity contribution >= 4 is 27.2 Å². The number of hydrogen-bond donors (Lipinski definition) is 0. The van der Waals surface area contributed by atoms with Crippen LogP contribution in [0.4, 0.5) is 5.69 Å². The SMILES string of the molecule is CCc1ccc(Oc2ncnc3sc4c(c23)CCC4)c([N+](=O)[O-])c1. The van der Waals surface area contributed by atoms with Crippen LogP contribution >= 0.6 is 11.3 Å². The van der Waals surface area contributed by atoms with E-state index in [4.69, 9.17) is 4.74 Å². The summed E-state index contributed by atoms with van der Waals surface area (Å²) in [5.74, 6) is 0.627. The van der Waals surface area contributed by atoms with E-state index < -0.39 is 4.92 Å². The van der Waals surface area contributed by atoms with Crippen molar-refractivity contribution in [3.05, 3.63) is 50.6 Å². The summed E-state index contributed by atoms with van der Waals surface area (Å²) >= 11 is 1.66. The molecule has 2 aromatic heterocycles. The highest BCUT2D eigenvalue weighted by Crippen LogP contribution is 2.42. The molecule has 1 aliphatic carbocycles. The third-order valence-corrected chi connectivity index (χ3v) is 5.50. The fourth-order valence-electron chi connectivity index (χ4n) is 3.09. The number of ether oxygens (including phenoxy) is 1. The molecule has 0 bridgehead atoms. The van der Waals surface area contributed by atoms with Gasteiger partial charge in [-0.05, 0) is 42.9 Å². The van der Waals surface area contributed by atoms with Gasteiger partial charge in [0, 0.05) is 10.9 Å². The number of benzene rings is 1. The minimum Gasteiger partial charge on any atom is -0.431 e. The Bertz CT molecular complexity index is 952. The Morgan fingerprint density at radius 2 is 2.21 bits per heavy atom. The van der Waals surface area contributed by atoms with E-state index in [0.717, 1.165) is 41.5 Å². The first-order chi connectivity index (χ1) is 11.7. The van der Waals surface area contributed by atoms with Crippen LogP contribution in [0.2, 0.25) is 0 Å². The lowest BCUT2D eigenvalue weighted by atomic mass is 10.1. The number of fused-ring (bicyclic) bond motifs is 3. The maximum atomic E-state index is 11.4. The Morgan fingerprint density at radius 3 is 3.00 bits per heavy atom. The van der Waals surface area contributed by atoms with Crippen molar-refractivity contribution in [2.75, 3.05) is 0 Å². The molecule has 0 saturated heterocycles. The first-order valence-corrected chi connectivity index (χ1v) is 8.69. The predicted molar refractivity (Wildman–Crippen MR) is 92.0 cm³/mol. The molecule has 24 heavy (non-hydrogen) atoms. The van der Waals surface area contributed by atoms with Gasteiger partial charge in [-0.1, -0.05) is 13.0 Å². The maximum Gasteiger partial charge on any atom is 0.311 e. The van der Waals surface area contributed by atoms with E-state index in [1.807, 2.05) is 13.0 Å². The highest BCUT2D eigenvalue weighted by molar-refractivity contribution is 7.18. The standard InChI is InChI=1S/C17H15N3O3S/c1-2-10-6-7-13(12(8-10)20(21)22)23-16-15-11-4-3-5-14(11)24-17(15)19-9-18-16/h6-9H,2-5H2,1H3. The van der Waals surface area contributed by atoms with Gasteiger partial charge in [-0.15, -0.1) is 11.3 Å².